The van der Waals surface area contributed by atoms with Gasteiger partial charge in [-0.3, -0.25) is 0 Å². The van der Waals surface area contributed by atoms with Gasteiger partial charge in [0.1, 0.15) is 0 Å². The second kappa shape index (κ2) is 7.24. The topological polar surface area (TPSA) is 15.3 Å². The van der Waals surface area contributed by atoms with E-state index in [2.05, 4.69) is 61.6 Å². The van der Waals surface area contributed by atoms with Gasteiger partial charge in [0.25, 0.3) is 0 Å². The van der Waals surface area contributed by atoms with Crippen LogP contribution in [0.4, 0.5) is 0 Å². The van der Waals surface area contributed by atoms with E-state index in [9.17, 15) is 0 Å². The van der Waals surface area contributed by atoms with E-state index in [0.29, 0.717) is 11.5 Å². The fourth-order valence-corrected chi connectivity index (χ4v) is 3.41. The zero-order valence-corrected chi connectivity index (χ0v) is 13.4. The first-order valence-electron chi connectivity index (χ1n) is 8.07. The summed E-state index contributed by atoms with van der Waals surface area (Å²) in [6, 6.07) is 10.8. The second-order valence-electron chi connectivity index (χ2n) is 6.62. The van der Waals surface area contributed by atoms with E-state index < -0.39 is 0 Å². The highest BCUT2D eigenvalue weighted by atomic mass is 15.2. The first kappa shape index (κ1) is 15.5. The van der Waals surface area contributed by atoms with Crippen molar-refractivity contribution in [3.8, 4) is 0 Å². The molecule has 1 aliphatic rings. The van der Waals surface area contributed by atoms with Crippen LogP contribution in [-0.4, -0.2) is 37.6 Å². The maximum atomic E-state index is 3.73. The van der Waals surface area contributed by atoms with Crippen LogP contribution >= 0.6 is 0 Å². The van der Waals surface area contributed by atoms with Crippen molar-refractivity contribution in [3.63, 3.8) is 0 Å². The van der Waals surface area contributed by atoms with Gasteiger partial charge >= 0.3 is 0 Å². The van der Waals surface area contributed by atoms with Gasteiger partial charge in [-0.25, -0.2) is 0 Å². The Kier molecular flexibility index (Phi) is 5.62. The molecule has 1 atom stereocenters. The molecule has 1 fully saturated rings. The van der Waals surface area contributed by atoms with Crippen molar-refractivity contribution >= 4 is 0 Å². The van der Waals surface area contributed by atoms with Crippen LogP contribution in [-0.2, 0) is 0 Å². The molecule has 0 spiro atoms. The van der Waals surface area contributed by atoms with Crippen molar-refractivity contribution in [2.75, 3.05) is 27.2 Å². The lowest BCUT2D eigenvalue weighted by molar-refractivity contribution is 0.0985. The molecular weight excluding hydrogens is 244 g/mol. The monoisotopic (exact) mass is 274 g/mol. The number of rotatable bonds is 6. The predicted octanol–water partition coefficient (Wildman–Crippen LogP) is 3.64. The lowest BCUT2D eigenvalue weighted by atomic mass is 9.80. The van der Waals surface area contributed by atoms with Gasteiger partial charge in [-0.2, -0.15) is 0 Å². The highest BCUT2D eigenvalue weighted by Crippen LogP contribution is 2.31. The quantitative estimate of drug-likeness (QED) is 0.852. The third-order valence-electron chi connectivity index (χ3n) is 5.01. The molecule has 0 amide bonds. The lowest BCUT2D eigenvalue weighted by Crippen LogP contribution is -2.53. The highest BCUT2D eigenvalue weighted by molar-refractivity contribution is 5.19. The fourth-order valence-electron chi connectivity index (χ4n) is 3.41. The summed E-state index contributed by atoms with van der Waals surface area (Å²) in [4.78, 5) is 2.45. The molecule has 1 aromatic rings. The minimum Gasteiger partial charge on any atom is -0.314 e. The summed E-state index contributed by atoms with van der Waals surface area (Å²) in [5, 5.41) is 3.73. The fraction of sp³-hybridized carbons (Fsp3) is 0.667. The Morgan fingerprint density at radius 1 is 1.10 bits per heavy atom. The number of hydrogen-bond acceptors (Lipinski definition) is 2. The summed E-state index contributed by atoms with van der Waals surface area (Å²) in [6.45, 7) is 4.50. The van der Waals surface area contributed by atoms with Crippen LogP contribution in [0.5, 0.6) is 0 Å². The minimum atomic E-state index is 0.384. The summed E-state index contributed by atoms with van der Waals surface area (Å²) < 4.78 is 0. The molecule has 0 saturated heterocycles. The van der Waals surface area contributed by atoms with Crippen molar-refractivity contribution in [1.29, 1.82) is 0 Å². The summed E-state index contributed by atoms with van der Waals surface area (Å²) in [5.41, 5.74) is 1.82. The van der Waals surface area contributed by atoms with Crippen LogP contribution in [0.3, 0.4) is 0 Å². The zero-order valence-electron chi connectivity index (χ0n) is 13.4. The molecular formula is C18H30N2. The van der Waals surface area contributed by atoms with Crippen molar-refractivity contribution in [2.45, 2.75) is 50.5 Å². The SMILES string of the molecule is CC(CNCC1(N(C)C)CCCCC1)c1ccccc1. The van der Waals surface area contributed by atoms with Gasteiger partial charge in [0.05, 0.1) is 0 Å². The van der Waals surface area contributed by atoms with Crippen LogP contribution in [0, 0.1) is 0 Å². The second-order valence-corrected chi connectivity index (χ2v) is 6.62. The lowest BCUT2D eigenvalue weighted by Gasteiger charge is -2.43. The third-order valence-corrected chi connectivity index (χ3v) is 5.01. The molecule has 0 aromatic heterocycles. The smallest absolute Gasteiger partial charge is 0.0327 e. The molecule has 2 rings (SSSR count). The molecule has 1 aliphatic carbocycles. The number of nitrogens with zero attached hydrogens (tertiary/aromatic N) is 1. The molecule has 0 aliphatic heterocycles. The maximum absolute atomic E-state index is 3.73. The first-order chi connectivity index (χ1) is 9.64. The van der Waals surface area contributed by atoms with E-state index in [1.165, 1.54) is 37.7 Å². The summed E-state index contributed by atoms with van der Waals surface area (Å²) >= 11 is 0. The highest BCUT2D eigenvalue weighted by Gasteiger charge is 2.33. The van der Waals surface area contributed by atoms with E-state index in [1.54, 1.807) is 0 Å². The van der Waals surface area contributed by atoms with E-state index in [1.807, 2.05) is 0 Å². The van der Waals surface area contributed by atoms with E-state index in [4.69, 9.17) is 0 Å². The molecule has 1 aromatic carbocycles. The van der Waals surface area contributed by atoms with E-state index in [0.717, 1.165) is 13.1 Å². The van der Waals surface area contributed by atoms with Gasteiger partial charge in [0.2, 0.25) is 0 Å². The molecule has 1 unspecified atom stereocenters. The number of nitrogens with one attached hydrogen (secondary N) is 1. The predicted molar refractivity (Wildman–Crippen MR) is 87.2 cm³/mol. The standard InChI is InChI=1S/C18H30N2/c1-16(17-10-6-4-7-11-17)14-19-15-18(20(2)3)12-8-5-9-13-18/h4,6-7,10-11,16,19H,5,8-9,12-15H2,1-3H3. The molecule has 2 nitrogen and oxygen atoms in total. The number of benzene rings is 1. The van der Waals surface area contributed by atoms with Crippen molar-refractivity contribution in [1.82, 2.24) is 10.2 Å². The zero-order chi connectivity index (χ0) is 14.4. The third kappa shape index (κ3) is 3.83. The Labute approximate surface area is 124 Å². The Morgan fingerprint density at radius 2 is 1.75 bits per heavy atom. The Balaban J connectivity index is 1.84. The van der Waals surface area contributed by atoms with E-state index >= 15 is 0 Å². The van der Waals surface area contributed by atoms with E-state index in [-0.39, 0.29) is 0 Å². The normalized spacial score (nSPS) is 20.0. The molecule has 112 valence electrons. The summed E-state index contributed by atoms with van der Waals surface area (Å²) in [7, 11) is 4.49. The van der Waals surface area contributed by atoms with Crippen molar-refractivity contribution in [3.05, 3.63) is 35.9 Å². The molecule has 20 heavy (non-hydrogen) atoms. The minimum absolute atomic E-state index is 0.384. The largest absolute Gasteiger partial charge is 0.314 e. The molecule has 0 radical (unpaired) electrons. The van der Waals surface area contributed by atoms with Crippen LogP contribution in [0.15, 0.2) is 30.3 Å². The number of likely N-dealkylation sites (N-methyl/N-ethyl adjacent to an activating group) is 1. The van der Waals surface area contributed by atoms with Gasteiger partial charge in [0, 0.05) is 18.6 Å². The van der Waals surface area contributed by atoms with Gasteiger partial charge in [-0.15, -0.1) is 0 Å². The Bertz CT molecular complexity index is 380. The molecule has 2 heteroatoms. The average Bonchev–Trinajstić information content (AvgIpc) is 2.49. The first-order valence-corrected chi connectivity index (χ1v) is 8.07. The summed E-state index contributed by atoms with van der Waals surface area (Å²) in [5.74, 6) is 0.582. The Hall–Kier alpha value is -0.860. The van der Waals surface area contributed by atoms with Gasteiger partial charge in [-0.1, -0.05) is 56.5 Å². The van der Waals surface area contributed by atoms with Crippen molar-refractivity contribution in [2.24, 2.45) is 0 Å². The van der Waals surface area contributed by atoms with Gasteiger partial charge in [0.15, 0.2) is 0 Å². The van der Waals surface area contributed by atoms with Crippen LogP contribution in [0.2, 0.25) is 0 Å². The molecule has 0 bridgehead atoms. The molecule has 0 heterocycles. The van der Waals surface area contributed by atoms with Crippen molar-refractivity contribution < 1.29 is 0 Å². The maximum Gasteiger partial charge on any atom is 0.0327 e. The van der Waals surface area contributed by atoms with Crippen LogP contribution in [0.25, 0.3) is 0 Å². The van der Waals surface area contributed by atoms with Crippen LogP contribution in [0.1, 0.15) is 50.5 Å². The van der Waals surface area contributed by atoms with Gasteiger partial charge < -0.3 is 10.2 Å². The number of hydrogen-bond donors (Lipinski definition) is 1. The summed E-state index contributed by atoms with van der Waals surface area (Å²) in [6.07, 6.45) is 6.86. The Morgan fingerprint density at radius 3 is 2.35 bits per heavy atom. The van der Waals surface area contributed by atoms with Gasteiger partial charge in [-0.05, 0) is 38.4 Å². The van der Waals surface area contributed by atoms with Crippen LogP contribution < -0.4 is 5.32 Å². The average molecular weight is 274 g/mol. The molecule has 1 saturated carbocycles. The molecule has 1 N–H and O–H groups in total.